The van der Waals surface area contributed by atoms with E-state index in [9.17, 15) is 4.79 Å². The van der Waals surface area contributed by atoms with E-state index in [4.69, 9.17) is 9.47 Å². The molecule has 1 aliphatic rings. The van der Waals surface area contributed by atoms with Gasteiger partial charge in [-0.1, -0.05) is 30.3 Å². The van der Waals surface area contributed by atoms with E-state index in [0.717, 1.165) is 5.56 Å². The fourth-order valence-corrected chi connectivity index (χ4v) is 2.06. The van der Waals surface area contributed by atoms with E-state index >= 15 is 0 Å². The molecule has 0 N–H and O–H groups in total. The summed E-state index contributed by atoms with van der Waals surface area (Å²) in [5.74, 6) is 0.275. The Hall–Kier alpha value is -1.19. The van der Waals surface area contributed by atoms with Crippen LogP contribution in [-0.2, 0) is 20.9 Å². The number of rotatable bonds is 4. The van der Waals surface area contributed by atoms with Gasteiger partial charge in [-0.05, 0) is 12.5 Å². The minimum absolute atomic E-state index is 0.0292. The minimum Gasteiger partial charge on any atom is -0.374 e. The van der Waals surface area contributed by atoms with Gasteiger partial charge in [0.05, 0.1) is 25.4 Å². The fraction of sp³-hybridized carbons (Fsp3) is 0.500. The van der Waals surface area contributed by atoms with Crippen LogP contribution < -0.4 is 0 Å². The van der Waals surface area contributed by atoms with Crippen molar-refractivity contribution in [3.63, 3.8) is 0 Å². The average molecular weight is 234 g/mol. The fourth-order valence-electron chi connectivity index (χ4n) is 2.06. The number of carbonyl (C=O) groups is 1. The van der Waals surface area contributed by atoms with E-state index in [0.29, 0.717) is 26.1 Å². The van der Waals surface area contributed by atoms with Crippen molar-refractivity contribution in [2.75, 3.05) is 6.61 Å². The maximum absolute atomic E-state index is 11.4. The van der Waals surface area contributed by atoms with Gasteiger partial charge >= 0.3 is 0 Å². The van der Waals surface area contributed by atoms with E-state index in [-0.39, 0.29) is 18.0 Å². The van der Waals surface area contributed by atoms with Gasteiger partial charge in [0, 0.05) is 12.8 Å². The lowest BCUT2D eigenvalue weighted by Crippen LogP contribution is -2.34. The maximum Gasteiger partial charge on any atom is 0.138 e. The van der Waals surface area contributed by atoms with Crippen LogP contribution in [0.4, 0.5) is 0 Å². The summed E-state index contributed by atoms with van der Waals surface area (Å²) in [6.45, 7) is 3.00. The van der Waals surface area contributed by atoms with Gasteiger partial charge in [0.15, 0.2) is 0 Å². The van der Waals surface area contributed by atoms with Crippen LogP contribution in [0.5, 0.6) is 0 Å². The van der Waals surface area contributed by atoms with Gasteiger partial charge in [0.25, 0.3) is 0 Å². The number of ketones is 1. The Bertz CT molecular complexity index is 361. The molecule has 1 aliphatic heterocycles. The molecule has 2 atom stereocenters. The molecule has 0 amide bonds. The van der Waals surface area contributed by atoms with Gasteiger partial charge in [-0.25, -0.2) is 0 Å². The average Bonchev–Trinajstić information content (AvgIpc) is 2.29. The largest absolute Gasteiger partial charge is 0.374 e. The summed E-state index contributed by atoms with van der Waals surface area (Å²) in [6.07, 6.45) is 0.977. The van der Waals surface area contributed by atoms with Crippen LogP contribution in [0.2, 0.25) is 0 Å². The first-order chi connectivity index (χ1) is 8.24. The molecule has 1 fully saturated rings. The molecule has 1 saturated heterocycles. The molecule has 1 aromatic carbocycles. The molecule has 0 aliphatic carbocycles. The predicted molar refractivity (Wildman–Crippen MR) is 64.7 cm³/mol. The third-order valence-corrected chi connectivity index (χ3v) is 2.81. The summed E-state index contributed by atoms with van der Waals surface area (Å²) in [6, 6.07) is 10.0. The maximum atomic E-state index is 11.4. The van der Waals surface area contributed by atoms with Crippen molar-refractivity contribution in [2.24, 2.45) is 0 Å². The molecule has 0 unspecified atom stereocenters. The minimum atomic E-state index is -0.0741. The molecule has 0 radical (unpaired) electrons. The van der Waals surface area contributed by atoms with Crippen LogP contribution >= 0.6 is 0 Å². The zero-order valence-electron chi connectivity index (χ0n) is 10.1. The molecule has 0 aromatic heterocycles. The Balaban J connectivity index is 1.73. The molecule has 0 spiro atoms. The van der Waals surface area contributed by atoms with E-state index in [1.165, 1.54) is 0 Å². The lowest BCUT2D eigenvalue weighted by atomic mass is 10.0. The molecule has 0 bridgehead atoms. The van der Waals surface area contributed by atoms with Crippen LogP contribution in [0.25, 0.3) is 0 Å². The number of benzene rings is 1. The molecular weight excluding hydrogens is 216 g/mol. The zero-order chi connectivity index (χ0) is 12.1. The van der Waals surface area contributed by atoms with Gasteiger partial charge in [-0.3, -0.25) is 4.79 Å². The Morgan fingerprint density at radius 3 is 2.76 bits per heavy atom. The number of hydrogen-bond donors (Lipinski definition) is 0. The van der Waals surface area contributed by atoms with Crippen molar-refractivity contribution >= 4 is 5.78 Å². The van der Waals surface area contributed by atoms with Crippen molar-refractivity contribution in [2.45, 2.75) is 38.6 Å². The smallest absolute Gasteiger partial charge is 0.138 e. The third-order valence-electron chi connectivity index (χ3n) is 2.81. The van der Waals surface area contributed by atoms with Crippen molar-refractivity contribution < 1.29 is 14.3 Å². The Morgan fingerprint density at radius 1 is 1.29 bits per heavy atom. The standard InChI is InChI=1S/C14H18O3/c1-11-7-13(15)8-14(17-11)10-16-9-12-5-3-2-4-6-12/h2-6,11,14H,7-10H2,1H3/t11-,14-/m1/s1. The molecule has 1 heterocycles. The summed E-state index contributed by atoms with van der Waals surface area (Å²) in [5.41, 5.74) is 1.14. The lowest BCUT2D eigenvalue weighted by Gasteiger charge is -2.26. The molecule has 3 nitrogen and oxygen atoms in total. The molecule has 92 valence electrons. The summed E-state index contributed by atoms with van der Waals surface area (Å²) in [4.78, 5) is 11.4. The van der Waals surface area contributed by atoms with Gasteiger partial charge in [-0.2, -0.15) is 0 Å². The first kappa shape index (κ1) is 12.3. The van der Waals surface area contributed by atoms with Crippen molar-refractivity contribution in [3.8, 4) is 0 Å². The van der Waals surface area contributed by atoms with Crippen molar-refractivity contribution in [3.05, 3.63) is 35.9 Å². The second-order valence-electron chi connectivity index (χ2n) is 4.52. The van der Waals surface area contributed by atoms with Crippen LogP contribution in [0.15, 0.2) is 30.3 Å². The highest BCUT2D eigenvalue weighted by Crippen LogP contribution is 2.16. The number of hydrogen-bond acceptors (Lipinski definition) is 3. The molecule has 3 heteroatoms. The highest BCUT2D eigenvalue weighted by atomic mass is 16.5. The van der Waals surface area contributed by atoms with Gasteiger partial charge in [0.1, 0.15) is 5.78 Å². The summed E-state index contributed by atoms with van der Waals surface area (Å²) in [5, 5.41) is 0. The summed E-state index contributed by atoms with van der Waals surface area (Å²) in [7, 11) is 0. The Morgan fingerprint density at radius 2 is 2.06 bits per heavy atom. The van der Waals surface area contributed by atoms with Crippen molar-refractivity contribution in [1.82, 2.24) is 0 Å². The van der Waals surface area contributed by atoms with Crippen LogP contribution in [0.3, 0.4) is 0 Å². The van der Waals surface area contributed by atoms with Gasteiger partial charge < -0.3 is 9.47 Å². The first-order valence-corrected chi connectivity index (χ1v) is 6.03. The van der Waals surface area contributed by atoms with Gasteiger partial charge in [0.2, 0.25) is 0 Å². The number of carbonyl (C=O) groups excluding carboxylic acids is 1. The normalized spacial score (nSPS) is 24.9. The van der Waals surface area contributed by atoms with Crippen molar-refractivity contribution in [1.29, 1.82) is 0 Å². The molecule has 17 heavy (non-hydrogen) atoms. The quantitative estimate of drug-likeness (QED) is 0.802. The van der Waals surface area contributed by atoms with E-state index in [1.807, 2.05) is 37.3 Å². The third kappa shape index (κ3) is 3.95. The number of Topliss-reactive ketones (excluding diaryl/α,β-unsaturated/α-hetero) is 1. The van der Waals surface area contributed by atoms with E-state index in [2.05, 4.69) is 0 Å². The molecular formula is C14H18O3. The molecule has 2 rings (SSSR count). The Labute approximate surface area is 102 Å². The lowest BCUT2D eigenvalue weighted by molar-refractivity contribution is -0.139. The van der Waals surface area contributed by atoms with E-state index < -0.39 is 0 Å². The SMILES string of the molecule is C[C@@H]1CC(=O)C[C@H](COCc2ccccc2)O1. The van der Waals surface area contributed by atoms with Crippen LogP contribution in [0, 0.1) is 0 Å². The second-order valence-corrected chi connectivity index (χ2v) is 4.52. The van der Waals surface area contributed by atoms with Crippen LogP contribution in [-0.4, -0.2) is 24.6 Å². The topological polar surface area (TPSA) is 35.5 Å². The molecule has 0 saturated carbocycles. The first-order valence-electron chi connectivity index (χ1n) is 6.03. The van der Waals surface area contributed by atoms with Gasteiger partial charge in [-0.15, -0.1) is 0 Å². The second kappa shape index (κ2) is 5.94. The van der Waals surface area contributed by atoms with E-state index in [1.54, 1.807) is 0 Å². The zero-order valence-corrected chi connectivity index (χ0v) is 10.1. The molecule has 1 aromatic rings. The number of ether oxygens (including phenoxy) is 2. The monoisotopic (exact) mass is 234 g/mol. The highest BCUT2D eigenvalue weighted by Gasteiger charge is 2.24. The highest BCUT2D eigenvalue weighted by molar-refractivity contribution is 5.80. The Kier molecular flexibility index (Phi) is 4.29. The predicted octanol–water partition coefficient (Wildman–Crippen LogP) is 2.34. The van der Waals surface area contributed by atoms with Crippen LogP contribution in [0.1, 0.15) is 25.3 Å². The summed E-state index contributed by atoms with van der Waals surface area (Å²) < 4.78 is 11.2. The summed E-state index contributed by atoms with van der Waals surface area (Å²) >= 11 is 0.